The van der Waals surface area contributed by atoms with Gasteiger partial charge in [-0.1, -0.05) is 11.6 Å². The standard InChI is InChI=1S/C14H18N2/c1-9-6-10(2)14-12(7-9)11-4-3-5-15-8-13(11)16-14/h6-7,15-16H,3-5,8H2,1-2H3. The average Bonchev–Trinajstić information content (AvgIpc) is 2.46. The molecule has 1 aliphatic heterocycles. The van der Waals surface area contributed by atoms with E-state index in [1.807, 2.05) is 0 Å². The van der Waals surface area contributed by atoms with Gasteiger partial charge in [-0.15, -0.1) is 0 Å². The normalized spacial score (nSPS) is 16.1. The third-order valence-electron chi connectivity index (χ3n) is 3.53. The molecule has 0 spiro atoms. The zero-order valence-corrected chi connectivity index (χ0v) is 9.98. The highest BCUT2D eigenvalue weighted by Gasteiger charge is 2.14. The second kappa shape index (κ2) is 3.63. The van der Waals surface area contributed by atoms with E-state index < -0.39 is 0 Å². The number of hydrogen-bond donors (Lipinski definition) is 2. The maximum atomic E-state index is 3.59. The van der Waals surface area contributed by atoms with Crippen LogP contribution >= 0.6 is 0 Å². The molecule has 3 rings (SSSR count). The van der Waals surface area contributed by atoms with E-state index in [4.69, 9.17) is 0 Å². The van der Waals surface area contributed by atoms with Crippen molar-refractivity contribution in [1.29, 1.82) is 0 Å². The topological polar surface area (TPSA) is 27.8 Å². The zero-order chi connectivity index (χ0) is 11.1. The molecule has 2 nitrogen and oxygen atoms in total. The van der Waals surface area contributed by atoms with E-state index in [1.165, 1.54) is 46.1 Å². The Morgan fingerprint density at radius 1 is 1.19 bits per heavy atom. The van der Waals surface area contributed by atoms with Crippen LogP contribution in [0.3, 0.4) is 0 Å². The molecule has 0 saturated heterocycles. The van der Waals surface area contributed by atoms with Gasteiger partial charge in [-0.3, -0.25) is 0 Å². The van der Waals surface area contributed by atoms with Crippen LogP contribution in [0.25, 0.3) is 10.9 Å². The van der Waals surface area contributed by atoms with Crippen LogP contribution in [0.1, 0.15) is 28.8 Å². The number of aromatic amines is 1. The first-order chi connectivity index (χ1) is 7.75. The predicted octanol–water partition coefficient (Wildman–Crippen LogP) is 2.82. The number of aromatic nitrogens is 1. The number of nitrogens with one attached hydrogen (secondary N) is 2. The number of hydrogen-bond acceptors (Lipinski definition) is 1. The Hall–Kier alpha value is -1.28. The third kappa shape index (κ3) is 1.45. The van der Waals surface area contributed by atoms with Crippen molar-refractivity contribution >= 4 is 10.9 Å². The van der Waals surface area contributed by atoms with Crippen LogP contribution in [-0.2, 0) is 13.0 Å². The number of H-pyrrole nitrogens is 1. The molecule has 0 atom stereocenters. The summed E-state index contributed by atoms with van der Waals surface area (Å²) in [6.45, 7) is 6.50. The molecule has 0 aliphatic carbocycles. The van der Waals surface area contributed by atoms with Gasteiger partial charge in [0.25, 0.3) is 0 Å². The van der Waals surface area contributed by atoms with Gasteiger partial charge >= 0.3 is 0 Å². The molecular formula is C14H18N2. The van der Waals surface area contributed by atoms with Gasteiger partial charge in [0.2, 0.25) is 0 Å². The van der Waals surface area contributed by atoms with Gasteiger partial charge < -0.3 is 10.3 Å². The molecule has 84 valence electrons. The monoisotopic (exact) mass is 214 g/mol. The molecule has 1 aliphatic rings. The van der Waals surface area contributed by atoms with Crippen molar-refractivity contribution in [2.75, 3.05) is 6.54 Å². The van der Waals surface area contributed by atoms with Crippen molar-refractivity contribution in [2.45, 2.75) is 33.2 Å². The van der Waals surface area contributed by atoms with Crippen molar-refractivity contribution in [3.05, 3.63) is 34.5 Å². The first-order valence-corrected chi connectivity index (χ1v) is 6.07. The number of fused-ring (bicyclic) bond motifs is 3. The molecule has 2 heterocycles. The molecule has 0 amide bonds. The summed E-state index contributed by atoms with van der Waals surface area (Å²) in [6.07, 6.45) is 2.44. The summed E-state index contributed by atoms with van der Waals surface area (Å²) in [5.74, 6) is 0. The van der Waals surface area contributed by atoms with Gasteiger partial charge in [-0.25, -0.2) is 0 Å². The van der Waals surface area contributed by atoms with Gasteiger partial charge in [0.15, 0.2) is 0 Å². The molecule has 0 radical (unpaired) electrons. The van der Waals surface area contributed by atoms with Crippen molar-refractivity contribution < 1.29 is 0 Å². The minimum atomic E-state index is 0.989. The fourth-order valence-electron chi connectivity index (χ4n) is 2.80. The molecule has 1 aromatic heterocycles. The van der Waals surface area contributed by atoms with Gasteiger partial charge in [0.1, 0.15) is 0 Å². The SMILES string of the molecule is Cc1cc(C)c2[nH]c3c(c2c1)CCCNC3. The lowest BCUT2D eigenvalue weighted by atomic mass is 10.0. The van der Waals surface area contributed by atoms with Crippen LogP contribution in [0.4, 0.5) is 0 Å². The van der Waals surface area contributed by atoms with Crippen LogP contribution < -0.4 is 5.32 Å². The molecule has 0 unspecified atom stereocenters. The fourth-order valence-corrected chi connectivity index (χ4v) is 2.80. The highest BCUT2D eigenvalue weighted by atomic mass is 14.9. The van der Waals surface area contributed by atoms with E-state index in [9.17, 15) is 0 Å². The lowest BCUT2D eigenvalue weighted by molar-refractivity contribution is 0.675. The largest absolute Gasteiger partial charge is 0.357 e. The van der Waals surface area contributed by atoms with E-state index in [1.54, 1.807) is 0 Å². The maximum absolute atomic E-state index is 3.59. The average molecular weight is 214 g/mol. The lowest BCUT2D eigenvalue weighted by Gasteiger charge is -2.01. The predicted molar refractivity (Wildman–Crippen MR) is 67.8 cm³/mol. The molecular weight excluding hydrogens is 196 g/mol. The Kier molecular flexibility index (Phi) is 2.25. The van der Waals surface area contributed by atoms with Gasteiger partial charge in [-0.2, -0.15) is 0 Å². The summed E-state index contributed by atoms with van der Waals surface area (Å²) in [5, 5.41) is 4.91. The summed E-state index contributed by atoms with van der Waals surface area (Å²) >= 11 is 0. The van der Waals surface area contributed by atoms with E-state index in [2.05, 4.69) is 36.3 Å². The molecule has 16 heavy (non-hydrogen) atoms. The van der Waals surface area contributed by atoms with Crippen molar-refractivity contribution in [2.24, 2.45) is 0 Å². The van der Waals surface area contributed by atoms with Crippen molar-refractivity contribution in [1.82, 2.24) is 10.3 Å². The smallest absolute Gasteiger partial charge is 0.0489 e. The number of benzene rings is 1. The van der Waals surface area contributed by atoms with Crippen LogP contribution in [0.15, 0.2) is 12.1 Å². The Bertz CT molecular complexity index is 537. The Morgan fingerprint density at radius 2 is 2.06 bits per heavy atom. The number of rotatable bonds is 0. The van der Waals surface area contributed by atoms with Gasteiger partial charge in [-0.05, 0) is 50.4 Å². The van der Waals surface area contributed by atoms with Crippen LogP contribution in [-0.4, -0.2) is 11.5 Å². The molecule has 0 bridgehead atoms. The van der Waals surface area contributed by atoms with E-state index >= 15 is 0 Å². The summed E-state index contributed by atoms with van der Waals surface area (Å²) in [5.41, 5.74) is 6.99. The fraction of sp³-hybridized carbons (Fsp3) is 0.429. The van der Waals surface area contributed by atoms with Gasteiger partial charge in [0, 0.05) is 23.1 Å². The highest BCUT2D eigenvalue weighted by Crippen LogP contribution is 2.28. The second-order valence-corrected chi connectivity index (χ2v) is 4.87. The minimum absolute atomic E-state index is 0.989. The lowest BCUT2D eigenvalue weighted by Crippen LogP contribution is -2.12. The number of aryl methyl sites for hydroxylation is 3. The Balaban J connectivity index is 2.29. The maximum Gasteiger partial charge on any atom is 0.0489 e. The third-order valence-corrected chi connectivity index (χ3v) is 3.53. The first-order valence-electron chi connectivity index (χ1n) is 6.07. The second-order valence-electron chi connectivity index (χ2n) is 4.87. The van der Waals surface area contributed by atoms with E-state index in [0.717, 1.165) is 13.1 Å². The summed E-state index contributed by atoms with van der Waals surface area (Å²) < 4.78 is 0. The Morgan fingerprint density at radius 3 is 2.94 bits per heavy atom. The summed E-state index contributed by atoms with van der Waals surface area (Å²) in [4.78, 5) is 3.59. The van der Waals surface area contributed by atoms with Crippen LogP contribution in [0.5, 0.6) is 0 Å². The van der Waals surface area contributed by atoms with Crippen LogP contribution in [0, 0.1) is 13.8 Å². The zero-order valence-electron chi connectivity index (χ0n) is 9.98. The van der Waals surface area contributed by atoms with Crippen molar-refractivity contribution in [3.63, 3.8) is 0 Å². The van der Waals surface area contributed by atoms with E-state index in [0.29, 0.717) is 0 Å². The first kappa shape index (κ1) is 9.91. The van der Waals surface area contributed by atoms with Gasteiger partial charge in [0.05, 0.1) is 0 Å². The quantitative estimate of drug-likeness (QED) is 0.693. The van der Waals surface area contributed by atoms with Crippen molar-refractivity contribution in [3.8, 4) is 0 Å². The van der Waals surface area contributed by atoms with E-state index in [-0.39, 0.29) is 0 Å². The molecule has 1 aromatic carbocycles. The summed E-state index contributed by atoms with van der Waals surface area (Å²) in [6, 6.07) is 4.58. The minimum Gasteiger partial charge on any atom is -0.357 e. The Labute approximate surface area is 96.1 Å². The molecule has 2 N–H and O–H groups in total. The molecule has 2 aromatic rings. The highest BCUT2D eigenvalue weighted by molar-refractivity contribution is 5.88. The summed E-state index contributed by atoms with van der Waals surface area (Å²) in [7, 11) is 0. The molecule has 0 saturated carbocycles. The van der Waals surface area contributed by atoms with Crippen LogP contribution in [0.2, 0.25) is 0 Å². The molecule has 2 heteroatoms. The molecule has 0 fully saturated rings.